The number of pyridine rings is 1. The van der Waals surface area contributed by atoms with Crippen LogP contribution < -0.4 is 30.1 Å². The number of para-hydroxylation sites is 2. The topological polar surface area (TPSA) is 35.9 Å². The monoisotopic (exact) mass is 1270 g/mol. The van der Waals surface area contributed by atoms with Gasteiger partial charge in [-0.15, -0.1) is 29.7 Å². The molecule has 0 unspecified atom stereocenters. The second-order valence-corrected chi connectivity index (χ2v) is 24.5. The number of rotatable bonds is 11. The molecular formula is C74H60N4OPtSi-2. The van der Waals surface area contributed by atoms with Crippen molar-refractivity contribution in [2.75, 3.05) is 0 Å². The van der Waals surface area contributed by atoms with E-state index in [1.54, 1.807) is 47.2 Å². The van der Waals surface area contributed by atoms with E-state index in [4.69, 9.17) is 26.2 Å². The Morgan fingerprint density at radius 3 is 1.84 bits per heavy atom. The van der Waals surface area contributed by atoms with Crippen molar-refractivity contribution in [3.8, 4) is 50.9 Å². The van der Waals surface area contributed by atoms with Gasteiger partial charge in [0.25, 0.3) is 6.33 Å². The molecule has 0 radical (unpaired) electrons. The Balaban J connectivity index is 0.0000104. The summed E-state index contributed by atoms with van der Waals surface area (Å²) in [5, 5.41) is -2.16. The van der Waals surface area contributed by atoms with E-state index in [-0.39, 0.29) is 77.1 Å². The first-order valence-electron chi connectivity index (χ1n) is 37.6. The number of benzene rings is 10. The predicted molar refractivity (Wildman–Crippen MR) is 332 cm³/mol. The summed E-state index contributed by atoms with van der Waals surface area (Å²) < 4.78 is 236. The molecule has 7 heteroatoms. The Bertz CT molecular complexity index is 5620. The molecule has 0 atom stereocenters. The minimum absolute atomic E-state index is 0. The first-order chi connectivity index (χ1) is 48.9. The summed E-state index contributed by atoms with van der Waals surface area (Å²) in [6.07, 6.45) is 5.22. The quantitative estimate of drug-likeness (QED) is 0.0560. The zero-order chi connectivity index (χ0) is 75.5. The number of aromatic nitrogens is 4. The molecule has 0 amide bonds. The van der Waals surface area contributed by atoms with Gasteiger partial charge in [0.05, 0.1) is 49.6 Å². The first kappa shape index (κ1) is 31.9. The SMILES string of the molecule is [2H]c1c([2H])c([2H])c(-c2cccc(C(C)(C)C)c2-[n+]2[c-]n(-c3[c-]c(Oc4[c-]c5c(cc4)c4ccccc4n5-c4cc(C(C)(C)C)ccn4)ccc3)c3cc(-c4c([2H])c([2H])c([2H])c([Si](c5c([2H])c([2H])c([2H])c([2H])c5[2H])(c5c([2H])c([2H])c([2H])c([2H])c5[2H])c5c([2H])c([2H])c([2H])c([2H])c5[2H])c4[2H])ccc32)c([2H])c1[2H].[Pt]. The average molecular weight is 1270 g/mol. The van der Waals surface area contributed by atoms with Crippen LogP contribution in [0.5, 0.6) is 11.5 Å². The Labute approximate surface area is 524 Å². The van der Waals surface area contributed by atoms with Crippen molar-refractivity contribution < 1.29 is 63.3 Å². The third-order valence-corrected chi connectivity index (χ3v) is 18.0. The van der Waals surface area contributed by atoms with E-state index in [0.29, 0.717) is 16.9 Å². The molecule has 81 heavy (non-hydrogen) atoms. The number of ether oxygens (including phenoxy) is 1. The number of hydrogen-bond donors (Lipinski definition) is 0. The maximum absolute atomic E-state index is 10.6. The average Bonchev–Trinajstić information content (AvgIpc) is 1.30. The van der Waals surface area contributed by atoms with Gasteiger partial charge < -0.3 is 13.9 Å². The smallest absolute Gasteiger partial charge is 0.268 e. The Kier molecular flexibility index (Phi) is 8.45. The van der Waals surface area contributed by atoms with Gasteiger partial charge in [-0.2, -0.15) is 18.2 Å². The van der Waals surface area contributed by atoms with Crippen molar-refractivity contribution in [2.24, 2.45) is 0 Å². The molecule has 0 fully saturated rings. The van der Waals surface area contributed by atoms with Crippen LogP contribution in [0.25, 0.3) is 72.3 Å². The van der Waals surface area contributed by atoms with E-state index in [9.17, 15) is 16.4 Å². The van der Waals surface area contributed by atoms with E-state index in [2.05, 4.69) is 39.2 Å². The molecule has 3 aromatic heterocycles. The van der Waals surface area contributed by atoms with Crippen LogP contribution in [0.4, 0.5) is 0 Å². The summed E-state index contributed by atoms with van der Waals surface area (Å²) in [6, 6.07) is 13.4. The first-order valence-corrected chi connectivity index (χ1v) is 27.6. The number of fused-ring (bicyclic) bond motifs is 4. The van der Waals surface area contributed by atoms with Crippen LogP contribution in [0.1, 0.15) is 85.6 Å². The zero-order valence-electron chi connectivity index (χ0n) is 68.4. The van der Waals surface area contributed by atoms with Crippen molar-refractivity contribution in [3.63, 3.8) is 0 Å². The largest absolute Gasteiger partial charge is 0.510 e. The van der Waals surface area contributed by atoms with Crippen molar-refractivity contribution >= 4 is 61.7 Å². The summed E-state index contributed by atoms with van der Waals surface area (Å²) in [6.45, 7) is 12.1. The van der Waals surface area contributed by atoms with Crippen LogP contribution in [-0.4, -0.2) is 22.2 Å². The van der Waals surface area contributed by atoms with Crippen LogP contribution >= 0.6 is 0 Å². The van der Waals surface area contributed by atoms with Crippen molar-refractivity contribution in [3.05, 3.63) is 284 Å². The summed E-state index contributed by atoms with van der Waals surface area (Å²) in [7, 11) is -6.25. The van der Waals surface area contributed by atoms with Crippen LogP contribution in [0.2, 0.25) is 0 Å². The second kappa shape index (κ2) is 21.4. The normalized spacial score (nSPS) is 16.1. The van der Waals surface area contributed by atoms with Gasteiger partial charge in [0.2, 0.25) is 0 Å². The number of imidazole rings is 1. The minimum atomic E-state index is -6.25. The zero-order valence-corrected chi connectivity index (χ0v) is 47.7. The maximum Gasteiger partial charge on any atom is 0.268 e. The molecular weight excluding hydrogens is 1180 g/mol. The molecule has 0 spiro atoms. The molecule has 0 saturated carbocycles. The molecule has 398 valence electrons. The van der Waals surface area contributed by atoms with Gasteiger partial charge in [-0.1, -0.05) is 241 Å². The van der Waals surface area contributed by atoms with Crippen molar-refractivity contribution in [1.82, 2.24) is 14.1 Å². The minimum Gasteiger partial charge on any atom is -0.510 e. The maximum atomic E-state index is 10.6. The van der Waals surface area contributed by atoms with Gasteiger partial charge in [0.1, 0.15) is 5.82 Å². The number of nitrogens with zero attached hydrogens (tertiary/aromatic N) is 4. The fourth-order valence-corrected chi connectivity index (χ4v) is 13.8. The van der Waals surface area contributed by atoms with E-state index in [0.717, 1.165) is 21.9 Å². The van der Waals surface area contributed by atoms with Gasteiger partial charge in [-0.25, -0.2) is 4.98 Å². The molecule has 0 aliphatic heterocycles. The fourth-order valence-electron chi connectivity index (χ4n) is 10.2. The van der Waals surface area contributed by atoms with Crippen LogP contribution in [-0.2, 0) is 31.9 Å². The van der Waals surface area contributed by atoms with E-state index >= 15 is 0 Å². The third kappa shape index (κ3) is 9.67. The van der Waals surface area contributed by atoms with Gasteiger partial charge >= 0.3 is 0 Å². The van der Waals surface area contributed by atoms with E-state index in [1.807, 2.05) is 73.9 Å². The standard InChI is InChI=1S/C74H60N4OSi.Pt/c1-73(2,3)55-44-45-75-71(48-55)78-67-39-20-19-36-64(67)65-42-41-58(50-69(65)78)79-57-28-22-27-56(49-57)76-51-77(72-63(52-24-11-7-12-25-52)37-23-38-66(72)74(4,5)6)68-43-40-54(47-70(68)76)53-26-21-35-62(46-53)80(59-29-13-8-14-30-59,60-31-15-9-16-32-60)61-33-17-10-18-34-61;/h7-48H,1-6H3;/q-2;/i7D,8D,9D,10D,11D,12D,13D,14D,15D,16D,17D,18D,21D,24D,25D,26D,29D,30D,31D,32D,33D,34D,35D,46D;. The number of hydrogen-bond acceptors (Lipinski definition) is 2. The predicted octanol–water partition coefficient (Wildman–Crippen LogP) is 14.9. The summed E-state index contributed by atoms with van der Waals surface area (Å²) >= 11 is 0. The molecule has 3 heterocycles. The summed E-state index contributed by atoms with van der Waals surface area (Å²) in [5.41, 5.74) is 2.35. The van der Waals surface area contributed by atoms with Gasteiger partial charge in [-0.3, -0.25) is 4.57 Å². The van der Waals surface area contributed by atoms with Gasteiger partial charge in [0, 0.05) is 44.3 Å². The van der Waals surface area contributed by atoms with Crippen molar-refractivity contribution in [2.45, 2.75) is 52.4 Å². The molecule has 0 N–H and O–H groups in total. The molecule has 5 nitrogen and oxygen atoms in total. The molecule has 10 aromatic carbocycles. The summed E-state index contributed by atoms with van der Waals surface area (Å²) in [4.78, 5) is 4.82. The third-order valence-electron chi connectivity index (χ3n) is 14.0. The van der Waals surface area contributed by atoms with E-state index < -0.39 is 185 Å². The Hall–Kier alpha value is -8.67. The van der Waals surface area contributed by atoms with E-state index in [1.165, 1.54) is 22.8 Å². The Morgan fingerprint density at radius 1 is 0.531 bits per heavy atom. The van der Waals surface area contributed by atoms with Crippen LogP contribution in [0.3, 0.4) is 0 Å². The van der Waals surface area contributed by atoms with Crippen molar-refractivity contribution in [1.29, 1.82) is 0 Å². The second-order valence-electron chi connectivity index (χ2n) is 21.0. The van der Waals surface area contributed by atoms with Gasteiger partial charge in [-0.05, 0) is 100 Å². The molecule has 0 bridgehead atoms. The van der Waals surface area contributed by atoms with Crippen LogP contribution in [0, 0.1) is 18.5 Å². The van der Waals surface area contributed by atoms with Crippen LogP contribution in [0.15, 0.2) is 254 Å². The molecule has 13 rings (SSSR count). The molecule has 0 aliphatic carbocycles. The molecule has 13 aromatic rings. The molecule has 0 aliphatic rings. The summed E-state index contributed by atoms with van der Waals surface area (Å²) in [5.74, 6) is 1.06. The Morgan fingerprint density at radius 2 is 1.16 bits per heavy atom. The van der Waals surface area contributed by atoms with Gasteiger partial charge in [0.15, 0.2) is 8.07 Å². The fraction of sp³-hybridized carbons (Fsp3) is 0.108. The molecule has 0 saturated heterocycles.